The van der Waals surface area contributed by atoms with E-state index in [9.17, 15) is 9.59 Å². The molecule has 1 aromatic carbocycles. The van der Waals surface area contributed by atoms with E-state index < -0.39 is 0 Å². The van der Waals surface area contributed by atoms with Crippen LogP contribution in [0.15, 0.2) is 41.8 Å². The van der Waals surface area contributed by atoms with E-state index in [2.05, 4.69) is 10.6 Å². The lowest BCUT2D eigenvalue weighted by Crippen LogP contribution is -3.11. The summed E-state index contributed by atoms with van der Waals surface area (Å²) >= 11 is 1.61. The van der Waals surface area contributed by atoms with Gasteiger partial charge in [0.25, 0.3) is 11.8 Å². The number of methoxy groups -OCH3 is 1. The second kappa shape index (κ2) is 9.19. The van der Waals surface area contributed by atoms with Gasteiger partial charge >= 0.3 is 0 Å². The Morgan fingerprint density at radius 3 is 2.64 bits per heavy atom. The molecule has 1 aromatic heterocycles. The Morgan fingerprint density at radius 2 is 1.96 bits per heavy atom. The maximum Gasteiger partial charge on any atom is 0.279 e. The second-order valence-corrected chi connectivity index (χ2v) is 6.87. The van der Waals surface area contributed by atoms with Gasteiger partial charge in [-0.3, -0.25) is 9.59 Å². The van der Waals surface area contributed by atoms with Crippen molar-refractivity contribution in [2.75, 3.05) is 32.6 Å². The lowest BCUT2D eigenvalue weighted by atomic mass is 10.2. The third kappa shape index (κ3) is 6.21. The van der Waals surface area contributed by atoms with Gasteiger partial charge in [0.1, 0.15) is 5.75 Å². The average Bonchev–Trinajstić information content (AvgIpc) is 3.09. The summed E-state index contributed by atoms with van der Waals surface area (Å²) in [5, 5.41) is 7.75. The summed E-state index contributed by atoms with van der Waals surface area (Å²) in [7, 11) is 3.40. The van der Waals surface area contributed by atoms with Crippen molar-refractivity contribution >= 4 is 28.8 Å². The van der Waals surface area contributed by atoms with Crippen LogP contribution < -0.4 is 20.3 Å². The fraction of sp³-hybridized carbons (Fsp3) is 0.333. The molecule has 0 aliphatic rings. The maximum atomic E-state index is 12.1. The molecular weight excluding hydrogens is 338 g/mol. The van der Waals surface area contributed by atoms with E-state index in [-0.39, 0.29) is 30.9 Å². The van der Waals surface area contributed by atoms with Crippen molar-refractivity contribution in [3.05, 3.63) is 46.7 Å². The van der Waals surface area contributed by atoms with Crippen molar-refractivity contribution in [1.82, 2.24) is 5.32 Å². The van der Waals surface area contributed by atoms with Crippen molar-refractivity contribution in [3.63, 3.8) is 0 Å². The number of thiophene rings is 1. The fourth-order valence-electron chi connectivity index (χ4n) is 2.42. The van der Waals surface area contributed by atoms with Crippen LogP contribution in [0.3, 0.4) is 0 Å². The van der Waals surface area contributed by atoms with Gasteiger partial charge in [0.2, 0.25) is 0 Å². The molecule has 0 fully saturated rings. The first-order valence-electron chi connectivity index (χ1n) is 8.06. The largest absolute Gasteiger partial charge is 0.497 e. The lowest BCUT2D eigenvalue weighted by molar-refractivity contribution is -0.862. The number of hydrogen-bond donors (Lipinski definition) is 3. The summed E-state index contributed by atoms with van der Waals surface area (Å²) in [6.45, 7) is 2.40. The summed E-state index contributed by atoms with van der Waals surface area (Å²) in [5.74, 6) is 0.456. The van der Waals surface area contributed by atoms with E-state index >= 15 is 0 Å². The smallest absolute Gasteiger partial charge is 0.279 e. The van der Waals surface area contributed by atoms with Crippen LogP contribution in [0.4, 0.5) is 5.69 Å². The first kappa shape index (κ1) is 19.0. The number of amides is 2. The van der Waals surface area contributed by atoms with Gasteiger partial charge in [0, 0.05) is 16.6 Å². The molecular formula is C18H24N3O3S+. The number of hydrogen-bond acceptors (Lipinski definition) is 4. The molecule has 0 saturated heterocycles. The minimum absolute atomic E-state index is 0.0223. The van der Waals surface area contributed by atoms with E-state index in [1.54, 1.807) is 30.6 Å². The molecule has 0 saturated carbocycles. The third-order valence-electron chi connectivity index (χ3n) is 3.63. The number of carbonyl (C=O) groups excluding carboxylic acids is 2. The van der Waals surface area contributed by atoms with Gasteiger partial charge in [-0.25, -0.2) is 0 Å². The molecule has 0 radical (unpaired) electrons. The zero-order valence-corrected chi connectivity index (χ0v) is 15.5. The Hall–Kier alpha value is -2.38. The lowest BCUT2D eigenvalue weighted by Gasteiger charge is -2.16. The predicted molar refractivity (Wildman–Crippen MR) is 99.1 cm³/mol. The average molecular weight is 362 g/mol. The number of carbonyl (C=O) groups is 2. The summed E-state index contributed by atoms with van der Waals surface area (Å²) < 4.78 is 5.13. The van der Waals surface area contributed by atoms with Crippen LogP contribution in [0.5, 0.6) is 5.75 Å². The number of ether oxygens (including phenoxy) is 1. The summed E-state index contributed by atoms with van der Waals surface area (Å²) in [6.07, 6.45) is 0. The Kier molecular flexibility index (Phi) is 6.97. The molecule has 2 rings (SSSR count). The van der Waals surface area contributed by atoms with E-state index in [4.69, 9.17) is 4.74 Å². The molecule has 0 bridgehead atoms. The summed E-state index contributed by atoms with van der Waals surface area (Å²) in [5.41, 5.74) is 0.674. The zero-order chi connectivity index (χ0) is 18.2. The SMILES string of the molecule is COc1cccc(NC(=O)C[NH+](C)CC(=O)N[C@@H](C)c2cccs2)c1. The first-order valence-corrected chi connectivity index (χ1v) is 8.94. The van der Waals surface area contributed by atoms with Gasteiger partial charge in [0.05, 0.1) is 20.2 Å². The topological polar surface area (TPSA) is 71.9 Å². The van der Waals surface area contributed by atoms with E-state index in [1.807, 2.05) is 43.6 Å². The van der Waals surface area contributed by atoms with Crippen molar-refractivity contribution in [2.45, 2.75) is 13.0 Å². The van der Waals surface area contributed by atoms with Crippen LogP contribution in [0.25, 0.3) is 0 Å². The molecule has 25 heavy (non-hydrogen) atoms. The van der Waals surface area contributed by atoms with Crippen molar-refractivity contribution < 1.29 is 19.2 Å². The highest BCUT2D eigenvalue weighted by Crippen LogP contribution is 2.17. The number of quaternary nitrogens is 1. The van der Waals surface area contributed by atoms with Crippen molar-refractivity contribution in [3.8, 4) is 5.75 Å². The molecule has 1 unspecified atom stereocenters. The van der Waals surface area contributed by atoms with Crippen LogP contribution in [-0.4, -0.2) is 39.1 Å². The Bertz CT molecular complexity index is 703. The first-order chi connectivity index (χ1) is 12.0. The molecule has 2 aromatic rings. The van der Waals surface area contributed by atoms with Gasteiger partial charge in [-0.2, -0.15) is 0 Å². The number of anilines is 1. The maximum absolute atomic E-state index is 12.1. The predicted octanol–water partition coefficient (Wildman–Crippen LogP) is 1.09. The monoisotopic (exact) mass is 362 g/mol. The Balaban J connectivity index is 1.77. The molecule has 0 aliphatic carbocycles. The van der Waals surface area contributed by atoms with Gasteiger partial charge in [-0.05, 0) is 30.5 Å². The molecule has 1 heterocycles. The molecule has 2 atom stereocenters. The van der Waals surface area contributed by atoms with Crippen LogP contribution in [0, 0.1) is 0 Å². The molecule has 0 spiro atoms. The second-order valence-electron chi connectivity index (χ2n) is 5.90. The molecule has 6 nitrogen and oxygen atoms in total. The molecule has 2 amide bonds. The van der Waals surface area contributed by atoms with E-state index in [0.29, 0.717) is 11.4 Å². The highest BCUT2D eigenvalue weighted by Gasteiger charge is 2.17. The van der Waals surface area contributed by atoms with Gasteiger partial charge < -0.3 is 20.3 Å². The quantitative estimate of drug-likeness (QED) is 0.658. The summed E-state index contributed by atoms with van der Waals surface area (Å²) in [4.78, 5) is 26.1. The number of benzene rings is 1. The highest BCUT2D eigenvalue weighted by atomic mass is 32.1. The van der Waals surface area contributed by atoms with Gasteiger partial charge in [-0.1, -0.05) is 12.1 Å². The van der Waals surface area contributed by atoms with Crippen molar-refractivity contribution in [1.29, 1.82) is 0 Å². The normalized spacial score (nSPS) is 12.9. The highest BCUT2D eigenvalue weighted by molar-refractivity contribution is 7.10. The zero-order valence-electron chi connectivity index (χ0n) is 14.7. The number of rotatable bonds is 8. The van der Waals surface area contributed by atoms with Crippen LogP contribution in [0.1, 0.15) is 17.8 Å². The Labute approximate surface area is 151 Å². The molecule has 134 valence electrons. The van der Waals surface area contributed by atoms with Gasteiger partial charge in [0.15, 0.2) is 13.1 Å². The fourth-order valence-corrected chi connectivity index (χ4v) is 3.15. The van der Waals surface area contributed by atoms with Crippen LogP contribution >= 0.6 is 11.3 Å². The number of nitrogens with one attached hydrogen (secondary N) is 3. The third-order valence-corrected chi connectivity index (χ3v) is 4.68. The number of likely N-dealkylation sites (N-methyl/N-ethyl adjacent to an activating group) is 1. The van der Waals surface area contributed by atoms with E-state index in [1.165, 1.54) is 0 Å². The van der Waals surface area contributed by atoms with Crippen molar-refractivity contribution in [2.24, 2.45) is 0 Å². The minimum Gasteiger partial charge on any atom is -0.497 e. The van der Waals surface area contributed by atoms with Gasteiger partial charge in [-0.15, -0.1) is 11.3 Å². The molecule has 7 heteroatoms. The standard InChI is InChI=1S/C18H23N3O3S/c1-13(16-8-5-9-25-16)19-17(22)11-21(2)12-18(23)20-14-6-4-7-15(10-14)24-3/h4-10,13H,11-12H2,1-3H3,(H,19,22)(H,20,23)/p+1/t13-/m0/s1. The molecule has 3 N–H and O–H groups in total. The van der Waals surface area contributed by atoms with Crippen LogP contribution in [0.2, 0.25) is 0 Å². The summed E-state index contributed by atoms with van der Waals surface area (Å²) in [6, 6.07) is 11.1. The minimum atomic E-state index is -0.148. The molecule has 0 aliphatic heterocycles. The van der Waals surface area contributed by atoms with E-state index in [0.717, 1.165) is 9.78 Å². The Morgan fingerprint density at radius 1 is 1.20 bits per heavy atom. The van der Waals surface area contributed by atoms with Crippen LogP contribution in [-0.2, 0) is 9.59 Å².